The first-order valence-electron chi connectivity index (χ1n) is 4.78. The van der Waals surface area contributed by atoms with Crippen LogP contribution in [0.25, 0.3) is 0 Å². The van der Waals surface area contributed by atoms with Gasteiger partial charge in [-0.1, -0.05) is 12.2 Å². The molecule has 0 amide bonds. The normalized spacial score (nSPS) is 28.5. The number of allylic oxidation sites excluding steroid dienone is 1. The molecule has 1 rings (SSSR count). The number of rotatable bonds is 3. The van der Waals surface area contributed by atoms with Crippen LogP contribution >= 0.6 is 0 Å². The summed E-state index contributed by atoms with van der Waals surface area (Å²) >= 11 is 0. The van der Waals surface area contributed by atoms with Crippen molar-refractivity contribution < 1.29 is 17.4 Å². The van der Waals surface area contributed by atoms with Crippen LogP contribution in [0.4, 0.5) is 0 Å². The lowest BCUT2D eigenvalue weighted by Gasteiger charge is -2.27. The Morgan fingerprint density at radius 1 is 1.53 bits per heavy atom. The Morgan fingerprint density at radius 2 is 2.20 bits per heavy atom. The zero-order valence-electron chi connectivity index (χ0n) is 8.55. The Balaban J connectivity index is 2.73. The van der Waals surface area contributed by atoms with Crippen molar-refractivity contribution in [1.29, 1.82) is 0 Å². The summed E-state index contributed by atoms with van der Waals surface area (Å²) in [6, 6.07) is 0. The molecule has 2 atom stereocenters. The Kier molecular flexibility index (Phi) is 4.01. The summed E-state index contributed by atoms with van der Waals surface area (Å²) in [4.78, 5) is 11.2. The Morgan fingerprint density at radius 3 is 2.73 bits per heavy atom. The quantitative estimate of drug-likeness (QED) is 0.720. The molecule has 15 heavy (non-hydrogen) atoms. The van der Waals surface area contributed by atoms with E-state index in [9.17, 15) is 13.2 Å². The van der Waals surface area contributed by atoms with Gasteiger partial charge >= 0.3 is 10.3 Å². The molecule has 0 aromatic heterocycles. The van der Waals surface area contributed by atoms with Crippen LogP contribution in [-0.2, 0) is 19.3 Å². The SMILES string of the molecule is C/C=C\[C@H]1CC(=O)CC[C@H]1OS(N)(=O)=O. The molecule has 6 heteroatoms. The van der Waals surface area contributed by atoms with Gasteiger partial charge in [0.15, 0.2) is 0 Å². The van der Waals surface area contributed by atoms with Gasteiger partial charge < -0.3 is 0 Å². The zero-order valence-corrected chi connectivity index (χ0v) is 9.37. The predicted molar refractivity (Wildman–Crippen MR) is 55.1 cm³/mol. The Hall–Kier alpha value is -0.720. The molecule has 1 aliphatic rings. The van der Waals surface area contributed by atoms with Crippen molar-refractivity contribution in [2.75, 3.05) is 0 Å². The number of carbonyl (C=O) groups is 1. The van der Waals surface area contributed by atoms with E-state index in [0.717, 1.165) is 0 Å². The topological polar surface area (TPSA) is 86.5 Å². The van der Waals surface area contributed by atoms with Crippen molar-refractivity contribution in [1.82, 2.24) is 0 Å². The third-order valence-electron chi connectivity index (χ3n) is 2.35. The molecule has 0 heterocycles. The van der Waals surface area contributed by atoms with Crippen molar-refractivity contribution in [3.05, 3.63) is 12.2 Å². The minimum Gasteiger partial charge on any atom is -0.300 e. The van der Waals surface area contributed by atoms with Crippen molar-refractivity contribution >= 4 is 16.1 Å². The van der Waals surface area contributed by atoms with Gasteiger partial charge in [0.25, 0.3) is 0 Å². The van der Waals surface area contributed by atoms with E-state index in [-0.39, 0.29) is 11.7 Å². The van der Waals surface area contributed by atoms with Crippen molar-refractivity contribution in [3.63, 3.8) is 0 Å². The zero-order chi connectivity index (χ0) is 11.5. The lowest BCUT2D eigenvalue weighted by molar-refractivity contribution is -0.122. The monoisotopic (exact) mass is 233 g/mol. The van der Waals surface area contributed by atoms with Gasteiger partial charge in [-0.25, -0.2) is 5.14 Å². The molecular weight excluding hydrogens is 218 g/mol. The minimum atomic E-state index is -3.94. The average Bonchev–Trinajstić information content (AvgIpc) is 2.08. The second-order valence-electron chi connectivity index (χ2n) is 3.60. The summed E-state index contributed by atoms with van der Waals surface area (Å²) in [5, 5.41) is 4.80. The maximum absolute atomic E-state index is 11.2. The molecule has 0 spiro atoms. The molecule has 0 saturated heterocycles. The summed E-state index contributed by atoms with van der Waals surface area (Å²) < 4.78 is 26.3. The lowest BCUT2D eigenvalue weighted by Crippen LogP contribution is -2.34. The molecule has 1 saturated carbocycles. The first-order chi connectivity index (χ1) is 6.92. The minimum absolute atomic E-state index is 0.132. The molecular formula is C9H15NO4S. The van der Waals surface area contributed by atoms with Gasteiger partial charge in [0, 0.05) is 18.8 Å². The number of hydrogen-bond donors (Lipinski definition) is 1. The fraction of sp³-hybridized carbons (Fsp3) is 0.667. The van der Waals surface area contributed by atoms with E-state index in [4.69, 9.17) is 9.32 Å². The fourth-order valence-corrected chi connectivity index (χ4v) is 2.33. The van der Waals surface area contributed by atoms with Gasteiger partial charge in [-0.3, -0.25) is 8.98 Å². The molecule has 86 valence electrons. The Labute approximate surface area is 89.5 Å². The van der Waals surface area contributed by atoms with E-state index in [1.165, 1.54) is 0 Å². The van der Waals surface area contributed by atoms with E-state index in [1.807, 2.05) is 6.92 Å². The highest BCUT2D eigenvalue weighted by Crippen LogP contribution is 2.26. The lowest BCUT2D eigenvalue weighted by atomic mass is 9.85. The number of nitrogens with two attached hydrogens (primary N) is 1. The van der Waals surface area contributed by atoms with E-state index >= 15 is 0 Å². The van der Waals surface area contributed by atoms with Crippen molar-refractivity contribution in [2.45, 2.75) is 32.3 Å². The summed E-state index contributed by atoms with van der Waals surface area (Å²) in [7, 11) is -3.94. The average molecular weight is 233 g/mol. The molecule has 1 aliphatic carbocycles. The summed E-state index contributed by atoms with van der Waals surface area (Å²) in [5.41, 5.74) is 0. The van der Waals surface area contributed by atoms with Crippen LogP contribution in [0.3, 0.4) is 0 Å². The van der Waals surface area contributed by atoms with E-state index < -0.39 is 16.4 Å². The van der Waals surface area contributed by atoms with E-state index in [1.54, 1.807) is 12.2 Å². The maximum Gasteiger partial charge on any atom is 0.333 e. The molecule has 2 N–H and O–H groups in total. The highest BCUT2D eigenvalue weighted by Gasteiger charge is 2.30. The molecule has 1 fully saturated rings. The summed E-state index contributed by atoms with van der Waals surface area (Å²) in [6.07, 6.45) is 4.15. The fourth-order valence-electron chi connectivity index (χ4n) is 1.74. The van der Waals surface area contributed by atoms with Gasteiger partial charge in [0.05, 0.1) is 6.10 Å². The standard InChI is InChI=1S/C9H15NO4S/c1-2-3-7-6-8(11)4-5-9(7)14-15(10,12)13/h2-3,7,9H,4-6H2,1H3,(H2,10,12,13)/b3-2-/t7-,9+/m0/s1. The van der Waals surface area contributed by atoms with Gasteiger partial charge in [-0.05, 0) is 13.3 Å². The second-order valence-corrected chi connectivity index (χ2v) is 4.78. The van der Waals surface area contributed by atoms with Crippen LogP contribution in [-0.4, -0.2) is 20.3 Å². The van der Waals surface area contributed by atoms with Crippen LogP contribution < -0.4 is 5.14 Å². The Bertz CT molecular complexity index is 360. The molecule has 0 aliphatic heterocycles. The van der Waals surface area contributed by atoms with Gasteiger partial charge in [-0.2, -0.15) is 8.42 Å². The largest absolute Gasteiger partial charge is 0.333 e. The van der Waals surface area contributed by atoms with Gasteiger partial charge in [0.1, 0.15) is 5.78 Å². The predicted octanol–water partition coefficient (Wildman–Crippen LogP) is 0.520. The van der Waals surface area contributed by atoms with Crippen LogP contribution in [0, 0.1) is 5.92 Å². The molecule has 0 aromatic carbocycles. The highest BCUT2D eigenvalue weighted by atomic mass is 32.2. The van der Waals surface area contributed by atoms with Crippen molar-refractivity contribution in [3.8, 4) is 0 Å². The number of ketones is 1. The third-order valence-corrected chi connectivity index (χ3v) is 2.86. The summed E-state index contributed by atoms with van der Waals surface area (Å²) in [6.45, 7) is 1.81. The first kappa shape index (κ1) is 12.4. The van der Waals surface area contributed by atoms with E-state index in [0.29, 0.717) is 19.3 Å². The number of carbonyl (C=O) groups excluding carboxylic acids is 1. The highest BCUT2D eigenvalue weighted by molar-refractivity contribution is 7.84. The summed E-state index contributed by atoms with van der Waals surface area (Å²) in [5.74, 6) is -0.0538. The number of Topliss-reactive ketones (excluding diaryl/α,β-unsaturated/α-hetero) is 1. The smallest absolute Gasteiger partial charge is 0.300 e. The molecule has 0 radical (unpaired) electrons. The van der Waals surface area contributed by atoms with Crippen LogP contribution in [0.2, 0.25) is 0 Å². The third kappa shape index (κ3) is 4.11. The van der Waals surface area contributed by atoms with Crippen LogP contribution in [0.5, 0.6) is 0 Å². The van der Waals surface area contributed by atoms with Gasteiger partial charge in [0.2, 0.25) is 0 Å². The number of hydrogen-bond acceptors (Lipinski definition) is 4. The first-order valence-corrected chi connectivity index (χ1v) is 6.25. The van der Waals surface area contributed by atoms with Crippen LogP contribution in [0.15, 0.2) is 12.2 Å². The second kappa shape index (κ2) is 4.87. The van der Waals surface area contributed by atoms with Crippen molar-refractivity contribution in [2.24, 2.45) is 11.1 Å². The molecule has 0 bridgehead atoms. The molecule has 0 unspecified atom stereocenters. The van der Waals surface area contributed by atoms with Crippen LogP contribution in [0.1, 0.15) is 26.2 Å². The van der Waals surface area contributed by atoms with Gasteiger partial charge in [-0.15, -0.1) is 0 Å². The maximum atomic E-state index is 11.2. The van der Waals surface area contributed by atoms with E-state index in [2.05, 4.69) is 0 Å². The molecule has 5 nitrogen and oxygen atoms in total. The molecule has 0 aromatic rings.